The molecule has 2 aromatic carbocycles. The molecule has 134 valence electrons. The molecule has 0 saturated carbocycles. The predicted octanol–water partition coefficient (Wildman–Crippen LogP) is 3.14. The molecule has 0 aliphatic carbocycles. The Balaban J connectivity index is 1.56. The first-order chi connectivity index (χ1) is 12.5. The van der Waals surface area contributed by atoms with Crippen molar-refractivity contribution in [2.45, 2.75) is 26.8 Å². The second kappa shape index (κ2) is 7.82. The van der Waals surface area contributed by atoms with Crippen LogP contribution in [0.1, 0.15) is 29.7 Å². The molecule has 0 aliphatic rings. The van der Waals surface area contributed by atoms with Crippen molar-refractivity contribution in [3.63, 3.8) is 0 Å². The fourth-order valence-electron chi connectivity index (χ4n) is 2.63. The van der Waals surface area contributed by atoms with Crippen LogP contribution in [-0.2, 0) is 4.79 Å². The summed E-state index contributed by atoms with van der Waals surface area (Å²) in [6, 6.07) is 13.7. The molecule has 0 fully saturated rings. The quantitative estimate of drug-likeness (QED) is 0.741. The number of hydrogen-bond donors (Lipinski definition) is 1. The molecule has 0 radical (unpaired) electrons. The second-order valence-electron chi connectivity index (χ2n) is 6.28. The number of nitrogens with one attached hydrogen (secondary N) is 1. The maximum atomic E-state index is 12.2. The van der Waals surface area contributed by atoms with E-state index in [2.05, 4.69) is 15.4 Å². The summed E-state index contributed by atoms with van der Waals surface area (Å²) in [7, 11) is 0. The highest BCUT2D eigenvalue weighted by molar-refractivity contribution is 5.78. The van der Waals surface area contributed by atoms with Gasteiger partial charge in [-0.25, -0.2) is 9.67 Å². The fraction of sp³-hybridized carbons (Fsp3) is 0.250. The van der Waals surface area contributed by atoms with E-state index in [-0.39, 0.29) is 18.6 Å². The number of aryl methyl sites for hydroxylation is 2. The van der Waals surface area contributed by atoms with E-state index in [0.29, 0.717) is 0 Å². The van der Waals surface area contributed by atoms with Crippen LogP contribution in [0.5, 0.6) is 5.75 Å². The number of rotatable bonds is 6. The topological polar surface area (TPSA) is 69.0 Å². The molecule has 3 aromatic rings. The Labute approximate surface area is 152 Å². The van der Waals surface area contributed by atoms with Crippen LogP contribution in [-0.4, -0.2) is 27.3 Å². The van der Waals surface area contributed by atoms with E-state index < -0.39 is 0 Å². The average Bonchev–Trinajstić information content (AvgIpc) is 3.17. The smallest absolute Gasteiger partial charge is 0.258 e. The van der Waals surface area contributed by atoms with Gasteiger partial charge in [0.2, 0.25) is 0 Å². The SMILES string of the molecule is Cc1ccc(C)c(OCC(=O)N[C@@H](C)c2ccc(-n3cncn3)cc2)c1. The zero-order chi connectivity index (χ0) is 18.5. The molecule has 0 spiro atoms. The van der Waals surface area contributed by atoms with Crippen LogP contribution in [0.25, 0.3) is 5.69 Å². The van der Waals surface area contributed by atoms with Crippen molar-refractivity contribution in [2.75, 3.05) is 6.61 Å². The molecule has 1 amide bonds. The van der Waals surface area contributed by atoms with Gasteiger partial charge in [0.05, 0.1) is 11.7 Å². The molecule has 1 atom stereocenters. The van der Waals surface area contributed by atoms with E-state index in [4.69, 9.17) is 4.74 Å². The molecule has 1 aromatic heterocycles. The number of amides is 1. The minimum atomic E-state index is -0.154. The Morgan fingerprint density at radius 2 is 1.96 bits per heavy atom. The third kappa shape index (κ3) is 4.27. The monoisotopic (exact) mass is 350 g/mol. The number of carbonyl (C=O) groups is 1. The first-order valence-electron chi connectivity index (χ1n) is 8.47. The van der Waals surface area contributed by atoms with Gasteiger partial charge in [0.1, 0.15) is 18.4 Å². The van der Waals surface area contributed by atoms with Crippen molar-refractivity contribution in [3.8, 4) is 11.4 Å². The van der Waals surface area contributed by atoms with Gasteiger partial charge in [-0.2, -0.15) is 5.10 Å². The Morgan fingerprint density at radius 3 is 2.65 bits per heavy atom. The molecule has 6 nitrogen and oxygen atoms in total. The molecule has 26 heavy (non-hydrogen) atoms. The zero-order valence-corrected chi connectivity index (χ0v) is 15.1. The lowest BCUT2D eigenvalue weighted by atomic mass is 10.1. The van der Waals surface area contributed by atoms with Crippen LogP contribution in [0.4, 0.5) is 0 Å². The number of carbonyl (C=O) groups excluding carboxylic acids is 1. The highest BCUT2D eigenvalue weighted by atomic mass is 16.5. The summed E-state index contributed by atoms with van der Waals surface area (Å²) in [5.74, 6) is 0.587. The molecular weight excluding hydrogens is 328 g/mol. The van der Waals surface area contributed by atoms with Gasteiger partial charge < -0.3 is 10.1 Å². The van der Waals surface area contributed by atoms with E-state index >= 15 is 0 Å². The molecule has 0 aliphatic heterocycles. The maximum Gasteiger partial charge on any atom is 0.258 e. The average molecular weight is 350 g/mol. The van der Waals surface area contributed by atoms with Crippen molar-refractivity contribution < 1.29 is 9.53 Å². The van der Waals surface area contributed by atoms with Crippen molar-refractivity contribution in [1.82, 2.24) is 20.1 Å². The highest BCUT2D eigenvalue weighted by Gasteiger charge is 2.11. The Morgan fingerprint density at radius 1 is 1.19 bits per heavy atom. The van der Waals surface area contributed by atoms with Crippen LogP contribution in [0.3, 0.4) is 0 Å². The van der Waals surface area contributed by atoms with Crippen molar-refractivity contribution in [3.05, 3.63) is 71.8 Å². The summed E-state index contributed by atoms with van der Waals surface area (Å²) in [4.78, 5) is 16.1. The van der Waals surface area contributed by atoms with Crippen molar-refractivity contribution in [2.24, 2.45) is 0 Å². The number of nitrogens with zero attached hydrogens (tertiary/aromatic N) is 3. The number of benzene rings is 2. The summed E-state index contributed by atoms with van der Waals surface area (Å²) in [6.07, 6.45) is 3.14. The Hall–Kier alpha value is -3.15. The van der Waals surface area contributed by atoms with Crippen LogP contribution in [0.2, 0.25) is 0 Å². The van der Waals surface area contributed by atoms with Gasteiger partial charge in [-0.1, -0.05) is 24.3 Å². The lowest BCUT2D eigenvalue weighted by Crippen LogP contribution is -2.31. The van der Waals surface area contributed by atoms with Gasteiger partial charge in [0, 0.05) is 0 Å². The summed E-state index contributed by atoms with van der Waals surface area (Å²) < 4.78 is 7.34. The van der Waals surface area contributed by atoms with Crippen LogP contribution >= 0.6 is 0 Å². The molecule has 1 N–H and O–H groups in total. The highest BCUT2D eigenvalue weighted by Crippen LogP contribution is 2.19. The first kappa shape index (κ1) is 17.7. The maximum absolute atomic E-state index is 12.2. The third-order valence-corrected chi connectivity index (χ3v) is 4.16. The normalized spacial score (nSPS) is 11.8. The minimum absolute atomic E-state index is 0.00826. The number of hydrogen-bond acceptors (Lipinski definition) is 4. The van der Waals surface area contributed by atoms with Gasteiger partial charge in [0.15, 0.2) is 6.61 Å². The molecule has 6 heteroatoms. The Kier molecular flexibility index (Phi) is 5.31. The predicted molar refractivity (Wildman–Crippen MR) is 99.3 cm³/mol. The van der Waals surface area contributed by atoms with Gasteiger partial charge in [0.25, 0.3) is 5.91 Å². The molecule has 1 heterocycles. The summed E-state index contributed by atoms with van der Waals surface area (Å²) >= 11 is 0. The lowest BCUT2D eigenvalue weighted by Gasteiger charge is -2.16. The summed E-state index contributed by atoms with van der Waals surface area (Å²) in [5.41, 5.74) is 4.05. The lowest BCUT2D eigenvalue weighted by molar-refractivity contribution is -0.123. The van der Waals surface area contributed by atoms with Gasteiger partial charge >= 0.3 is 0 Å². The van der Waals surface area contributed by atoms with E-state index in [9.17, 15) is 4.79 Å². The van der Waals surface area contributed by atoms with Crippen molar-refractivity contribution in [1.29, 1.82) is 0 Å². The Bertz CT molecular complexity index is 873. The standard InChI is InChI=1S/C20H22N4O2/c1-14-4-5-15(2)19(10-14)26-11-20(25)23-16(3)17-6-8-18(9-7-17)24-13-21-12-22-24/h4-10,12-13,16H,11H2,1-3H3,(H,23,25)/t16-/m0/s1. The molecule has 3 rings (SSSR count). The number of ether oxygens (including phenoxy) is 1. The molecular formula is C20H22N4O2. The third-order valence-electron chi connectivity index (χ3n) is 4.16. The zero-order valence-electron chi connectivity index (χ0n) is 15.1. The van der Waals surface area contributed by atoms with Crippen LogP contribution in [0, 0.1) is 13.8 Å². The number of aromatic nitrogens is 3. The first-order valence-corrected chi connectivity index (χ1v) is 8.47. The molecule has 0 bridgehead atoms. The van der Waals surface area contributed by atoms with E-state index in [1.165, 1.54) is 6.33 Å². The van der Waals surface area contributed by atoms with Gasteiger partial charge in [-0.3, -0.25) is 4.79 Å². The van der Waals surface area contributed by atoms with Gasteiger partial charge in [-0.15, -0.1) is 0 Å². The van der Waals surface area contributed by atoms with Crippen molar-refractivity contribution >= 4 is 5.91 Å². The van der Waals surface area contributed by atoms with E-state index in [1.807, 2.05) is 63.2 Å². The minimum Gasteiger partial charge on any atom is -0.483 e. The van der Waals surface area contributed by atoms with Crippen LogP contribution < -0.4 is 10.1 Å². The fourth-order valence-corrected chi connectivity index (χ4v) is 2.63. The second-order valence-corrected chi connectivity index (χ2v) is 6.28. The largest absolute Gasteiger partial charge is 0.483 e. The van der Waals surface area contributed by atoms with Crippen LogP contribution in [0.15, 0.2) is 55.1 Å². The van der Waals surface area contributed by atoms with Gasteiger partial charge in [-0.05, 0) is 55.7 Å². The summed E-state index contributed by atoms with van der Waals surface area (Å²) in [6.45, 7) is 5.90. The summed E-state index contributed by atoms with van der Waals surface area (Å²) in [5, 5.41) is 7.05. The molecule has 0 unspecified atom stereocenters. The van der Waals surface area contributed by atoms with E-state index in [1.54, 1.807) is 11.0 Å². The van der Waals surface area contributed by atoms with E-state index in [0.717, 1.165) is 28.1 Å². The molecule has 0 saturated heterocycles.